The molecule has 1 saturated heterocycles. The minimum Gasteiger partial charge on any atom is -0.368 e. The molecule has 18 heavy (non-hydrogen) atoms. The van der Waals surface area contributed by atoms with E-state index in [4.69, 9.17) is 0 Å². The van der Waals surface area contributed by atoms with E-state index in [1.54, 1.807) is 6.20 Å². The van der Waals surface area contributed by atoms with Crippen molar-refractivity contribution < 1.29 is 0 Å². The SMILES string of the molecule is Cc1cc2c(NCC[C@H]3CCCN3)nccn2n1. The molecule has 1 aliphatic heterocycles. The van der Waals surface area contributed by atoms with Crippen molar-refractivity contribution in [1.82, 2.24) is 19.9 Å². The van der Waals surface area contributed by atoms with Crippen LogP contribution in [0.1, 0.15) is 25.0 Å². The van der Waals surface area contributed by atoms with Crippen molar-refractivity contribution in [3.63, 3.8) is 0 Å². The summed E-state index contributed by atoms with van der Waals surface area (Å²) in [6.07, 6.45) is 7.42. The Morgan fingerprint density at radius 3 is 3.33 bits per heavy atom. The van der Waals surface area contributed by atoms with E-state index in [0.717, 1.165) is 30.0 Å². The second kappa shape index (κ2) is 4.94. The number of hydrogen-bond acceptors (Lipinski definition) is 4. The van der Waals surface area contributed by atoms with Crippen LogP contribution in [0, 0.1) is 6.92 Å². The molecule has 0 aromatic carbocycles. The lowest BCUT2D eigenvalue weighted by molar-refractivity contribution is 0.574. The summed E-state index contributed by atoms with van der Waals surface area (Å²) in [5, 5.41) is 11.3. The maximum absolute atomic E-state index is 4.39. The molecular formula is C13H19N5. The number of rotatable bonds is 4. The van der Waals surface area contributed by atoms with Gasteiger partial charge in [0.2, 0.25) is 0 Å². The summed E-state index contributed by atoms with van der Waals surface area (Å²) in [5.74, 6) is 0.927. The van der Waals surface area contributed by atoms with E-state index in [1.165, 1.54) is 19.4 Å². The van der Waals surface area contributed by atoms with Crippen LogP contribution in [0.15, 0.2) is 18.5 Å². The molecule has 0 aliphatic carbocycles. The van der Waals surface area contributed by atoms with Gasteiger partial charge in [0.1, 0.15) is 5.52 Å². The number of hydrogen-bond donors (Lipinski definition) is 2. The summed E-state index contributed by atoms with van der Waals surface area (Å²) in [4.78, 5) is 4.39. The zero-order chi connectivity index (χ0) is 12.4. The highest BCUT2D eigenvalue weighted by Gasteiger charge is 2.13. The molecule has 0 unspecified atom stereocenters. The minimum absolute atomic E-state index is 0.670. The van der Waals surface area contributed by atoms with Gasteiger partial charge in [0.05, 0.1) is 5.69 Å². The van der Waals surface area contributed by atoms with Crippen LogP contribution in [0.4, 0.5) is 5.82 Å². The van der Waals surface area contributed by atoms with Crippen molar-refractivity contribution in [1.29, 1.82) is 0 Å². The molecule has 0 radical (unpaired) electrons. The van der Waals surface area contributed by atoms with Crippen LogP contribution in [0.2, 0.25) is 0 Å². The molecule has 2 N–H and O–H groups in total. The minimum atomic E-state index is 0.670. The maximum Gasteiger partial charge on any atom is 0.152 e. The Morgan fingerprint density at radius 1 is 1.56 bits per heavy atom. The van der Waals surface area contributed by atoms with Crippen molar-refractivity contribution >= 4 is 11.3 Å². The van der Waals surface area contributed by atoms with Crippen LogP contribution < -0.4 is 10.6 Å². The molecule has 5 heteroatoms. The average Bonchev–Trinajstić information content (AvgIpc) is 2.97. The van der Waals surface area contributed by atoms with Crippen molar-refractivity contribution in [2.45, 2.75) is 32.2 Å². The third kappa shape index (κ3) is 2.31. The largest absolute Gasteiger partial charge is 0.368 e. The summed E-state index contributed by atoms with van der Waals surface area (Å²) in [5.41, 5.74) is 2.07. The van der Waals surface area contributed by atoms with Crippen LogP contribution in [-0.2, 0) is 0 Å². The molecule has 0 amide bonds. The Kier molecular flexibility index (Phi) is 3.15. The average molecular weight is 245 g/mol. The number of aromatic nitrogens is 3. The third-order valence-electron chi connectivity index (χ3n) is 3.46. The van der Waals surface area contributed by atoms with E-state index in [0.29, 0.717) is 6.04 Å². The second-order valence-corrected chi connectivity index (χ2v) is 4.90. The van der Waals surface area contributed by atoms with Crippen LogP contribution >= 0.6 is 0 Å². The molecule has 0 bridgehead atoms. The van der Waals surface area contributed by atoms with Gasteiger partial charge in [-0.05, 0) is 38.8 Å². The van der Waals surface area contributed by atoms with Gasteiger partial charge in [0.15, 0.2) is 5.82 Å². The second-order valence-electron chi connectivity index (χ2n) is 4.90. The van der Waals surface area contributed by atoms with Gasteiger partial charge >= 0.3 is 0 Å². The first-order chi connectivity index (χ1) is 8.83. The van der Waals surface area contributed by atoms with E-state index in [1.807, 2.05) is 17.6 Å². The summed E-state index contributed by atoms with van der Waals surface area (Å²) in [6.45, 7) is 4.12. The number of nitrogens with one attached hydrogen (secondary N) is 2. The lowest BCUT2D eigenvalue weighted by atomic mass is 10.1. The van der Waals surface area contributed by atoms with Gasteiger partial charge in [-0.15, -0.1) is 0 Å². The first-order valence-corrected chi connectivity index (χ1v) is 6.61. The molecule has 96 valence electrons. The van der Waals surface area contributed by atoms with E-state index in [9.17, 15) is 0 Å². The lowest BCUT2D eigenvalue weighted by Gasteiger charge is -2.11. The third-order valence-corrected chi connectivity index (χ3v) is 3.46. The zero-order valence-electron chi connectivity index (χ0n) is 10.7. The first-order valence-electron chi connectivity index (χ1n) is 6.61. The fraction of sp³-hybridized carbons (Fsp3) is 0.538. The lowest BCUT2D eigenvalue weighted by Crippen LogP contribution is -2.24. The molecule has 3 heterocycles. The summed E-state index contributed by atoms with van der Waals surface area (Å²) in [6, 6.07) is 2.73. The Morgan fingerprint density at radius 2 is 2.50 bits per heavy atom. The highest BCUT2D eigenvalue weighted by Crippen LogP contribution is 2.15. The van der Waals surface area contributed by atoms with Crippen LogP contribution in [0.5, 0.6) is 0 Å². The predicted octanol–water partition coefficient (Wildman–Crippen LogP) is 1.59. The van der Waals surface area contributed by atoms with Crippen molar-refractivity contribution in [3.8, 4) is 0 Å². The van der Waals surface area contributed by atoms with Gasteiger partial charge in [0, 0.05) is 25.0 Å². The van der Waals surface area contributed by atoms with Crippen molar-refractivity contribution in [2.75, 3.05) is 18.4 Å². The van der Waals surface area contributed by atoms with E-state index in [2.05, 4.69) is 26.8 Å². The van der Waals surface area contributed by atoms with Gasteiger partial charge in [0.25, 0.3) is 0 Å². The molecule has 3 rings (SSSR count). The van der Waals surface area contributed by atoms with E-state index < -0.39 is 0 Å². The molecule has 1 fully saturated rings. The van der Waals surface area contributed by atoms with Gasteiger partial charge in [-0.2, -0.15) is 5.10 Å². The van der Waals surface area contributed by atoms with Gasteiger partial charge in [-0.3, -0.25) is 0 Å². The number of fused-ring (bicyclic) bond motifs is 1. The van der Waals surface area contributed by atoms with Gasteiger partial charge in [-0.25, -0.2) is 9.50 Å². The Bertz CT molecular complexity index is 527. The summed E-state index contributed by atoms with van der Waals surface area (Å²) >= 11 is 0. The smallest absolute Gasteiger partial charge is 0.152 e. The Hall–Kier alpha value is -1.62. The highest BCUT2D eigenvalue weighted by atomic mass is 15.2. The predicted molar refractivity (Wildman–Crippen MR) is 71.9 cm³/mol. The highest BCUT2D eigenvalue weighted by molar-refractivity contribution is 5.67. The molecule has 0 spiro atoms. The van der Waals surface area contributed by atoms with E-state index >= 15 is 0 Å². The molecular weight excluding hydrogens is 226 g/mol. The summed E-state index contributed by atoms with van der Waals surface area (Å²) < 4.78 is 1.87. The number of aryl methyl sites for hydroxylation is 1. The van der Waals surface area contributed by atoms with Gasteiger partial charge < -0.3 is 10.6 Å². The number of nitrogens with zero attached hydrogens (tertiary/aromatic N) is 3. The van der Waals surface area contributed by atoms with Gasteiger partial charge in [-0.1, -0.05) is 0 Å². The molecule has 0 saturated carbocycles. The monoisotopic (exact) mass is 245 g/mol. The van der Waals surface area contributed by atoms with E-state index in [-0.39, 0.29) is 0 Å². The summed E-state index contributed by atoms with van der Waals surface area (Å²) in [7, 11) is 0. The van der Waals surface area contributed by atoms with Crippen LogP contribution in [-0.4, -0.2) is 33.7 Å². The fourth-order valence-corrected chi connectivity index (χ4v) is 2.55. The molecule has 1 aliphatic rings. The first kappa shape index (κ1) is 11.5. The van der Waals surface area contributed by atoms with Crippen molar-refractivity contribution in [2.24, 2.45) is 0 Å². The maximum atomic E-state index is 4.39. The molecule has 2 aromatic heterocycles. The fourth-order valence-electron chi connectivity index (χ4n) is 2.55. The van der Waals surface area contributed by atoms with Crippen LogP contribution in [0.25, 0.3) is 5.52 Å². The molecule has 1 atom stereocenters. The normalized spacial score (nSPS) is 19.5. The zero-order valence-corrected chi connectivity index (χ0v) is 10.7. The molecule has 2 aromatic rings. The quantitative estimate of drug-likeness (QED) is 0.859. The van der Waals surface area contributed by atoms with Crippen LogP contribution in [0.3, 0.4) is 0 Å². The Balaban J connectivity index is 1.66. The van der Waals surface area contributed by atoms with Crippen molar-refractivity contribution in [3.05, 3.63) is 24.2 Å². The number of anilines is 1. The molecule has 5 nitrogen and oxygen atoms in total. The topological polar surface area (TPSA) is 54.2 Å². The standard InChI is InChI=1S/C13H19N5/c1-10-9-12-13(16-7-8-18(12)17-10)15-6-4-11-3-2-5-14-11/h7-9,11,14H,2-6H2,1H3,(H,15,16)/t11-/m1/s1. The Labute approximate surface area is 107 Å².